The third kappa shape index (κ3) is 3.98. The fourth-order valence-electron chi connectivity index (χ4n) is 1.49. The molecule has 0 spiro atoms. The van der Waals surface area contributed by atoms with E-state index in [-0.39, 0.29) is 11.9 Å². The van der Waals surface area contributed by atoms with Crippen molar-refractivity contribution in [2.45, 2.75) is 19.5 Å². The molecule has 0 radical (unpaired) electrons. The number of likely N-dealkylation sites (N-methyl/N-ethyl adjacent to an activating group) is 2. The van der Waals surface area contributed by atoms with Crippen LogP contribution in [0.25, 0.3) is 0 Å². The number of carbonyl (C=O) groups excluding carboxylic acids is 1. The van der Waals surface area contributed by atoms with Crippen molar-refractivity contribution in [3.63, 3.8) is 0 Å². The molecular formula is C12H18ClN3O. The zero-order chi connectivity index (χ0) is 13.0. The number of pyridine rings is 1. The Balaban J connectivity index is 2.62. The number of hydrogen-bond acceptors (Lipinski definition) is 3. The van der Waals surface area contributed by atoms with Crippen molar-refractivity contribution < 1.29 is 4.79 Å². The lowest BCUT2D eigenvalue weighted by atomic mass is 10.2. The van der Waals surface area contributed by atoms with Crippen LogP contribution in [0.3, 0.4) is 0 Å². The van der Waals surface area contributed by atoms with Crippen LogP contribution >= 0.6 is 11.6 Å². The minimum atomic E-state index is -0.152. The highest BCUT2D eigenvalue weighted by molar-refractivity contribution is 6.29. The van der Waals surface area contributed by atoms with Crippen molar-refractivity contribution in [3.05, 3.63) is 29.0 Å². The Hall–Kier alpha value is -1.13. The fourth-order valence-corrected chi connectivity index (χ4v) is 1.60. The van der Waals surface area contributed by atoms with Crippen LogP contribution in [0.5, 0.6) is 0 Å². The van der Waals surface area contributed by atoms with Gasteiger partial charge in [0.2, 0.25) is 5.91 Å². The summed E-state index contributed by atoms with van der Waals surface area (Å²) in [6.45, 7) is 2.57. The van der Waals surface area contributed by atoms with E-state index >= 15 is 0 Å². The van der Waals surface area contributed by atoms with Crippen LogP contribution in [-0.2, 0) is 11.3 Å². The van der Waals surface area contributed by atoms with Crippen molar-refractivity contribution in [3.8, 4) is 0 Å². The van der Waals surface area contributed by atoms with Crippen molar-refractivity contribution in [2.75, 3.05) is 21.1 Å². The number of rotatable bonds is 4. The van der Waals surface area contributed by atoms with E-state index in [1.807, 2.05) is 24.9 Å². The van der Waals surface area contributed by atoms with E-state index in [0.717, 1.165) is 5.56 Å². The van der Waals surface area contributed by atoms with Gasteiger partial charge in [-0.25, -0.2) is 4.98 Å². The summed E-state index contributed by atoms with van der Waals surface area (Å²) in [5.41, 5.74) is 1.04. The zero-order valence-corrected chi connectivity index (χ0v) is 11.4. The monoisotopic (exact) mass is 255 g/mol. The molecule has 0 fully saturated rings. The first kappa shape index (κ1) is 13.9. The minimum absolute atomic E-state index is 0.0921. The summed E-state index contributed by atoms with van der Waals surface area (Å²) in [5, 5.41) is 0.480. The minimum Gasteiger partial charge on any atom is -0.347 e. The quantitative estimate of drug-likeness (QED) is 0.768. The molecule has 0 saturated heterocycles. The van der Waals surface area contributed by atoms with Gasteiger partial charge < -0.3 is 4.90 Å². The molecule has 0 N–H and O–H groups in total. The molecule has 94 valence electrons. The standard InChI is InChI=1S/C12H18ClN3O/c1-9(12(17)15(2)3)16(4)8-10-5-6-11(13)14-7-10/h5-7,9H,8H2,1-4H3/t9-/m1/s1. The molecule has 0 aliphatic carbocycles. The van der Waals surface area contributed by atoms with Crippen LogP contribution in [0.15, 0.2) is 18.3 Å². The molecule has 0 unspecified atom stereocenters. The maximum absolute atomic E-state index is 11.8. The summed E-state index contributed by atoms with van der Waals surface area (Å²) in [5.74, 6) is 0.0921. The van der Waals surface area contributed by atoms with Crippen molar-refractivity contribution in [2.24, 2.45) is 0 Å². The highest BCUT2D eigenvalue weighted by atomic mass is 35.5. The van der Waals surface area contributed by atoms with E-state index in [0.29, 0.717) is 11.7 Å². The second-order valence-corrected chi connectivity index (χ2v) is 4.70. The van der Waals surface area contributed by atoms with E-state index in [4.69, 9.17) is 11.6 Å². The van der Waals surface area contributed by atoms with Gasteiger partial charge in [-0.15, -0.1) is 0 Å². The summed E-state index contributed by atoms with van der Waals surface area (Å²) in [6.07, 6.45) is 1.73. The summed E-state index contributed by atoms with van der Waals surface area (Å²) in [7, 11) is 5.44. The topological polar surface area (TPSA) is 36.4 Å². The molecule has 4 nitrogen and oxygen atoms in total. The van der Waals surface area contributed by atoms with Gasteiger partial charge in [0.05, 0.1) is 6.04 Å². The Morgan fingerprint density at radius 2 is 2.06 bits per heavy atom. The first-order valence-corrected chi connectivity index (χ1v) is 5.81. The van der Waals surface area contributed by atoms with Gasteiger partial charge in [-0.3, -0.25) is 9.69 Å². The average molecular weight is 256 g/mol. The van der Waals surface area contributed by atoms with E-state index in [2.05, 4.69) is 4.98 Å². The number of amides is 1. The van der Waals surface area contributed by atoms with Crippen LogP contribution in [0.1, 0.15) is 12.5 Å². The van der Waals surface area contributed by atoms with Gasteiger partial charge in [0.1, 0.15) is 5.15 Å². The third-order valence-electron chi connectivity index (χ3n) is 2.68. The lowest BCUT2D eigenvalue weighted by Crippen LogP contribution is -2.42. The summed E-state index contributed by atoms with van der Waals surface area (Å²) in [4.78, 5) is 19.4. The molecule has 1 aromatic rings. The van der Waals surface area contributed by atoms with Crippen LogP contribution in [0.2, 0.25) is 5.15 Å². The second kappa shape index (κ2) is 5.98. The zero-order valence-electron chi connectivity index (χ0n) is 10.6. The summed E-state index contributed by atoms with van der Waals surface area (Å²) in [6, 6.07) is 3.52. The molecular weight excluding hydrogens is 238 g/mol. The van der Waals surface area contributed by atoms with E-state index in [9.17, 15) is 4.79 Å². The van der Waals surface area contributed by atoms with Gasteiger partial charge in [-0.2, -0.15) is 0 Å². The maximum atomic E-state index is 11.8. The number of hydrogen-bond donors (Lipinski definition) is 0. The predicted molar refractivity (Wildman–Crippen MR) is 68.9 cm³/mol. The van der Waals surface area contributed by atoms with E-state index in [1.165, 1.54) is 0 Å². The molecule has 0 saturated carbocycles. The molecule has 1 rings (SSSR count). The molecule has 0 aliphatic heterocycles. The van der Waals surface area contributed by atoms with Crippen molar-refractivity contribution in [1.29, 1.82) is 0 Å². The molecule has 1 atom stereocenters. The first-order chi connectivity index (χ1) is 7.91. The van der Waals surface area contributed by atoms with Gasteiger partial charge >= 0.3 is 0 Å². The van der Waals surface area contributed by atoms with Gasteiger partial charge in [-0.1, -0.05) is 17.7 Å². The van der Waals surface area contributed by atoms with Crippen molar-refractivity contribution in [1.82, 2.24) is 14.8 Å². The highest BCUT2D eigenvalue weighted by Crippen LogP contribution is 2.09. The van der Waals surface area contributed by atoms with Gasteiger partial charge in [0.15, 0.2) is 0 Å². The Morgan fingerprint density at radius 1 is 1.41 bits per heavy atom. The van der Waals surface area contributed by atoms with Gasteiger partial charge in [-0.05, 0) is 25.6 Å². The number of nitrogens with zero attached hydrogens (tertiary/aromatic N) is 3. The third-order valence-corrected chi connectivity index (χ3v) is 2.90. The van der Waals surface area contributed by atoms with Crippen molar-refractivity contribution >= 4 is 17.5 Å². The van der Waals surface area contributed by atoms with E-state index in [1.54, 1.807) is 31.3 Å². The van der Waals surface area contributed by atoms with Crippen LogP contribution in [0.4, 0.5) is 0 Å². The lowest BCUT2D eigenvalue weighted by molar-refractivity contribution is -0.133. The SMILES string of the molecule is C[C@H](C(=O)N(C)C)N(C)Cc1ccc(Cl)nc1. The molecule has 5 heteroatoms. The number of aromatic nitrogens is 1. The summed E-state index contributed by atoms with van der Waals surface area (Å²) >= 11 is 5.72. The predicted octanol–water partition coefficient (Wildman–Crippen LogP) is 1.64. The first-order valence-electron chi connectivity index (χ1n) is 5.43. The smallest absolute Gasteiger partial charge is 0.239 e. The average Bonchev–Trinajstić information content (AvgIpc) is 2.30. The summed E-state index contributed by atoms with van der Waals surface area (Å²) < 4.78 is 0. The van der Waals surface area contributed by atoms with Gasteiger partial charge in [0.25, 0.3) is 0 Å². The maximum Gasteiger partial charge on any atom is 0.239 e. The van der Waals surface area contributed by atoms with E-state index < -0.39 is 0 Å². The van der Waals surface area contributed by atoms with Crippen LogP contribution in [0, 0.1) is 0 Å². The number of halogens is 1. The Labute approximate surface area is 107 Å². The Bertz CT molecular complexity index is 378. The Morgan fingerprint density at radius 3 is 2.53 bits per heavy atom. The van der Waals surface area contributed by atoms with Crippen LogP contribution in [-0.4, -0.2) is 47.9 Å². The fraction of sp³-hybridized carbons (Fsp3) is 0.500. The largest absolute Gasteiger partial charge is 0.347 e. The molecule has 0 aliphatic rings. The Kier molecular flexibility index (Phi) is 4.90. The molecule has 0 aromatic carbocycles. The molecule has 1 heterocycles. The van der Waals surface area contributed by atoms with Gasteiger partial charge in [0, 0.05) is 26.8 Å². The highest BCUT2D eigenvalue weighted by Gasteiger charge is 2.19. The molecule has 17 heavy (non-hydrogen) atoms. The molecule has 0 bridgehead atoms. The molecule has 1 aromatic heterocycles. The molecule has 1 amide bonds. The normalized spacial score (nSPS) is 12.6. The van der Waals surface area contributed by atoms with Crippen LogP contribution < -0.4 is 0 Å². The number of carbonyl (C=O) groups is 1. The second-order valence-electron chi connectivity index (χ2n) is 4.31. The lowest BCUT2D eigenvalue weighted by Gasteiger charge is -2.26.